The number of carbonyl (C=O) groups is 1. The molecule has 1 aliphatic rings. The molecule has 0 atom stereocenters. The number of ether oxygens (including phenoxy) is 2. The number of rotatable bonds is 7. The zero-order chi connectivity index (χ0) is 18.4. The number of amides is 1. The summed E-state index contributed by atoms with van der Waals surface area (Å²) in [5, 5.41) is 0. The van der Waals surface area contributed by atoms with E-state index in [0.29, 0.717) is 26.2 Å². The first kappa shape index (κ1) is 18.3. The summed E-state index contributed by atoms with van der Waals surface area (Å²) in [5.41, 5.74) is 3.70. The Balaban J connectivity index is 1.47. The summed E-state index contributed by atoms with van der Waals surface area (Å²) in [7, 11) is 0. The minimum atomic E-state index is 0.199. The minimum Gasteiger partial charge on any atom is -0.494 e. The van der Waals surface area contributed by atoms with Gasteiger partial charge in [0.15, 0.2) is 0 Å². The molecule has 1 heterocycles. The molecule has 0 saturated heterocycles. The molecule has 3 rings (SSSR count). The minimum absolute atomic E-state index is 0.199. The first-order chi connectivity index (χ1) is 12.7. The maximum atomic E-state index is 12.5. The fraction of sp³-hybridized carbons (Fsp3) is 0.409. The van der Waals surface area contributed by atoms with Crippen LogP contribution in [-0.4, -0.2) is 30.6 Å². The van der Waals surface area contributed by atoms with Crippen LogP contribution in [0.5, 0.6) is 11.5 Å². The van der Waals surface area contributed by atoms with Gasteiger partial charge in [-0.25, -0.2) is 0 Å². The lowest BCUT2D eigenvalue weighted by atomic mass is 9.99. The van der Waals surface area contributed by atoms with E-state index in [1.165, 1.54) is 16.7 Å². The van der Waals surface area contributed by atoms with Gasteiger partial charge in [0, 0.05) is 19.5 Å². The van der Waals surface area contributed by atoms with Crippen LogP contribution in [0.2, 0.25) is 0 Å². The van der Waals surface area contributed by atoms with Crippen molar-refractivity contribution in [2.24, 2.45) is 0 Å². The predicted molar refractivity (Wildman–Crippen MR) is 103 cm³/mol. The Kier molecular flexibility index (Phi) is 6.16. The van der Waals surface area contributed by atoms with Gasteiger partial charge in [-0.1, -0.05) is 18.2 Å². The van der Waals surface area contributed by atoms with Crippen molar-refractivity contribution < 1.29 is 14.3 Å². The molecule has 4 nitrogen and oxygen atoms in total. The summed E-state index contributed by atoms with van der Waals surface area (Å²) >= 11 is 0. The Bertz CT molecular complexity index is 757. The van der Waals surface area contributed by atoms with Crippen molar-refractivity contribution in [1.82, 2.24) is 4.90 Å². The van der Waals surface area contributed by atoms with Crippen molar-refractivity contribution in [2.45, 2.75) is 39.7 Å². The Morgan fingerprint density at radius 1 is 1.08 bits per heavy atom. The van der Waals surface area contributed by atoms with Gasteiger partial charge in [0.25, 0.3) is 0 Å². The summed E-state index contributed by atoms with van der Waals surface area (Å²) in [5.74, 6) is 1.95. The van der Waals surface area contributed by atoms with Crippen molar-refractivity contribution in [3.8, 4) is 11.5 Å². The monoisotopic (exact) mass is 353 g/mol. The standard InChI is InChI=1S/C22H27NO3/c1-3-25-21-10-9-18-11-12-23(16-19(18)15-21)22(24)8-5-13-26-20-7-4-6-17(2)14-20/h4,6-7,9-10,14-15H,3,5,8,11-13,16H2,1-2H3. The van der Waals surface area contributed by atoms with E-state index in [2.05, 4.69) is 12.1 Å². The lowest BCUT2D eigenvalue weighted by Gasteiger charge is -2.29. The van der Waals surface area contributed by atoms with E-state index < -0.39 is 0 Å². The number of hydrogen-bond donors (Lipinski definition) is 0. The molecule has 26 heavy (non-hydrogen) atoms. The van der Waals surface area contributed by atoms with E-state index in [4.69, 9.17) is 9.47 Å². The van der Waals surface area contributed by atoms with Gasteiger partial charge in [-0.2, -0.15) is 0 Å². The third-order valence-electron chi connectivity index (χ3n) is 4.65. The second-order valence-electron chi connectivity index (χ2n) is 6.70. The van der Waals surface area contributed by atoms with Crippen molar-refractivity contribution in [1.29, 1.82) is 0 Å². The molecule has 0 fully saturated rings. The maximum Gasteiger partial charge on any atom is 0.223 e. The molecule has 0 N–H and O–H groups in total. The number of fused-ring (bicyclic) bond motifs is 1. The Morgan fingerprint density at radius 3 is 2.73 bits per heavy atom. The second-order valence-corrected chi connectivity index (χ2v) is 6.70. The first-order valence-corrected chi connectivity index (χ1v) is 9.37. The fourth-order valence-corrected chi connectivity index (χ4v) is 3.28. The fourth-order valence-electron chi connectivity index (χ4n) is 3.28. The van der Waals surface area contributed by atoms with Gasteiger partial charge in [-0.3, -0.25) is 4.79 Å². The molecule has 4 heteroatoms. The Labute approximate surface area is 155 Å². The van der Waals surface area contributed by atoms with E-state index in [9.17, 15) is 4.79 Å². The van der Waals surface area contributed by atoms with Crippen molar-refractivity contribution >= 4 is 5.91 Å². The first-order valence-electron chi connectivity index (χ1n) is 9.37. The maximum absolute atomic E-state index is 12.5. The molecular formula is C22H27NO3. The SMILES string of the molecule is CCOc1ccc2c(c1)CN(C(=O)CCCOc1cccc(C)c1)CC2. The van der Waals surface area contributed by atoms with E-state index >= 15 is 0 Å². The normalized spacial score (nSPS) is 13.2. The molecule has 0 aliphatic carbocycles. The third-order valence-corrected chi connectivity index (χ3v) is 4.65. The van der Waals surface area contributed by atoms with Gasteiger partial charge in [0.1, 0.15) is 11.5 Å². The lowest BCUT2D eigenvalue weighted by molar-refractivity contribution is -0.132. The Morgan fingerprint density at radius 2 is 1.92 bits per heavy atom. The lowest BCUT2D eigenvalue weighted by Crippen LogP contribution is -2.36. The highest BCUT2D eigenvalue weighted by molar-refractivity contribution is 5.76. The van der Waals surface area contributed by atoms with Crippen molar-refractivity contribution in [2.75, 3.05) is 19.8 Å². The molecule has 0 saturated carbocycles. The molecule has 1 aliphatic heterocycles. The van der Waals surface area contributed by atoms with Crippen LogP contribution in [0.15, 0.2) is 42.5 Å². The smallest absolute Gasteiger partial charge is 0.223 e. The second kappa shape index (κ2) is 8.75. The molecule has 2 aromatic rings. The van der Waals surface area contributed by atoms with Crippen molar-refractivity contribution in [3.63, 3.8) is 0 Å². The highest BCUT2D eigenvalue weighted by Crippen LogP contribution is 2.24. The van der Waals surface area contributed by atoms with Crippen molar-refractivity contribution in [3.05, 3.63) is 59.2 Å². The number of hydrogen-bond acceptors (Lipinski definition) is 3. The summed E-state index contributed by atoms with van der Waals surface area (Å²) in [6.07, 6.45) is 2.16. The number of carbonyl (C=O) groups excluding carboxylic acids is 1. The Hall–Kier alpha value is -2.49. The molecule has 0 spiro atoms. The molecule has 2 aromatic carbocycles. The molecule has 0 aromatic heterocycles. The average molecular weight is 353 g/mol. The van der Waals surface area contributed by atoms with Crippen LogP contribution in [0, 0.1) is 6.92 Å². The quantitative estimate of drug-likeness (QED) is 0.702. The highest BCUT2D eigenvalue weighted by atomic mass is 16.5. The molecular weight excluding hydrogens is 326 g/mol. The zero-order valence-corrected chi connectivity index (χ0v) is 15.7. The van der Waals surface area contributed by atoms with Gasteiger partial charge >= 0.3 is 0 Å². The topological polar surface area (TPSA) is 38.8 Å². The summed E-state index contributed by atoms with van der Waals surface area (Å²) in [6.45, 7) is 6.71. The van der Waals surface area contributed by atoms with E-state index in [-0.39, 0.29) is 5.91 Å². The molecule has 0 bridgehead atoms. The van der Waals surface area contributed by atoms with Crippen LogP contribution in [0.1, 0.15) is 36.5 Å². The van der Waals surface area contributed by atoms with Gasteiger partial charge in [-0.15, -0.1) is 0 Å². The van der Waals surface area contributed by atoms with Crippen LogP contribution < -0.4 is 9.47 Å². The summed E-state index contributed by atoms with van der Waals surface area (Å²) in [6, 6.07) is 14.2. The van der Waals surface area contributed by atoms with Crippen LogP contribution in [0.25, 0.3) is 0 Å². The van der Waals surface area contributed by atoms with E-state index in [1.54, 1.807) is 0 Å². The van der Waals surface area contributed by atoms with Crippen LogP contribution in [0.4, 0.5) is 0 Å². The number of aryl methyl sites for hydroxylation is 1. The van der Waals surface area contributed by atoms with Gasteiger partial charge in [0.05, 0.1) is 13.2 Å². The summed E-state index contributed by atoms with van der Waals surface area (Å²) in [4.78, 5) is 14.5. The number of nitrogens with zero attached hydrogens (tertiary/aromatic N) is 1. The highest BCUT2D eigenvalue weighted by Gasteiger charge is 2.20. The largest absolute Gasteiger partial charge is 0.494 e. The average Bonchev–Trinajstić information content (AvgIpc) is 2.65. The molecule has 0 unspecified atom stereocenters. The molecule has 1 amide bonds. The van der Waals surface area contributed by atoms with Gasteiger partial charge in [0.2, 0.25) is 5.91 Å². The zero-order valence-electron chi connectivity index (χ0n) is 15.7. The van der Waals surface area contributed by atoms with E-state index in [0.717, 1.165) is 30.9 Å². The van der Waals surface area contributed by atoms with Crippen LogP contribution in [-0.2, 0) is 17.8 Å². The van der Waals surface area contributed by atoms with Crippen LogP contribution >= 0.6 is 0 Å². The van der Waals surface area contributed by atoms with E-state index in [1.807, 2.05) is 49.1 Å². The predicted octanol–water partition coefficient (Wildman–Crippen LogP) is 4.14. The third kappa shape index (κ3) is 4.78. The van der Waals surface area contributed by atoms with Crippen LogP contribution in [0.3, 0.4) is 0 Å². The molecule has 138 valence electrons. The van der Waals surface area contributed by atoms with Gasteiger partial charge in [-0.05, 0) is 67.6 Å². The summed E-state index contributed by atoms with van der Waals surface area (Å²) < 4.78 is 11.3. The molecule has 0 radical (unpaired) electrons. The van der Waals surface area contributed by atoms with Gasteiger partial charge < -0.3 is 14.4 Å². The number of benzene rings is 2.